The van der Waals surface area contributed by atoms with Gasteiger partial charge in [-0.25, -0.2) is 9.67 Å². The largest absolute Gasteiger partial charge is 0.302 e. The lowest BCUT2D eigenvalue weighted by molar-refractivity contribution is -0.116. The minimum Gasteiger partial charge on any atom is -0.302 e. The van der Waals surface area contributed by atoms with E-state index in [1.54, 1.807) is 22.2 Å². The summed E-state index contributed by atoms with van der Waals surface area (Å²) in [6.07, 6.45) is 3.42. The summed E-state index contributed by atoms with van der Waals surface area (Å²) in [4.78, 5) is 16.1. The van der Waals surface area contributed by atoms with Gasteiger partial charge in [-0.1, -0.05) is 0 Å². The predicted octanol–water partition coefficient (Wildman–Crippen LogP) is 1.81. The molecule has 0 aromatic carbocycles. The fourth-order valence-electron chi connectivity index (χ4n) is 1.77. The van der Waals surface area contributed by atoms with Gasteiger partial charge in [0.25, 0.3) is 0 Å². The number of rotatable bonds is 5. The summed E-state index contributed by atoms with van der Waals surface area (Å²) < 4.78 is 1.59. The van der Waals surface area contributed by atoms with Gasteiger partial charge in [0.1, 0.15) is 6.33 Å². The van der Waals surface area contributed by atoms with Crippen molar-refractivity contribution in [3.05, 3.63) is 40.3 Å². The van der Waals surface area contributed by atoms with E-state index >= 15 is 0 Å². The van der Waals surface area contributed by atoms with Crippen molar-refractivity contribution in [2.24, 2.45) is 0 Å². The van der Waals surface area contributed by atoms with Crippen molar-refractivity contribution in [1.29, 1.82) is 0 Å². The number of hydrogen-bond acceptors (Lipinski definition) is 7. The maximum absolute atomic E-state index is 12.1. The Morgan fingerprint density at radius 2 is 2.40 bits per heavy atom. The molecule has 102 valence electrons. The molecular weight excluding hydrogens is 296 g/mol. The van der Waals surface area contributed by atoms with Crippen molar-refractivity contribution in [2.75, 3.05) is 5.32 Å². The molecule has 3 heterocycles. The SMILES string of the molecule is O=C(C[C@H](c1ccsc1)n1cnnn1)Nc1nccs1. The average molecular weight is 306 g/mol. The van der Waals surface area contributed by atoms with Crippen molar-refractivity contribution < 1.29 is 4.79 Å². The van der Waals surface area contributed by atoms with E-state index in [0.29, 0.717) is 5.13 Å². The van der Waals surface area contributed by atoms with Gasteiger partial charge in [-0.3, -0.25) is 4.79 Å². The summed E-state index contributed by atoms with van der Waals surface area (Å²) in [5, 5.41) is 20.3. The molecule has 0 saturated heterocycles. The second-order valence-electron chi connectivity index (χ2n) is 3.95. The molecule has 7 nitrogen and oxygen atoms in total. The molecule has 1 amide bonds. The zero-order valence-electron chi connectivity index (χ0n) is 10.2. The van der Waals surface area contributed by atoms with Crippen LogP contribution < -0.4 is 5.32 Å². The van der Waals surface area contributed by atoms with Crippen molar-refractivity contribution in [3.63, 3.8) is 0 Å². The number of amides is 1. The van der Waals surface area contributed by atoms with E-state index in [1.807, 2.05) is 22.2 Å². The summed E-state index contributed by atoms with van der Waals surface area (Å²) in [6, 6.07) is 1.75. The highest BCUT2D eigenvalue weighted by molar-refractivity contribution is 7.13. The number of aromatic nitrogens is 5. The van der Waals surface area contributed by atoms with Crippen LogP contribution in [0.4, 0.5) is 5.13 Å². The highest BCUT2D eigenvalue weighted by Gasteiger charge is 2.20. The minimum atomic E-state index is -0.212. The van der Waals surface area contributed by atoms with Gasteiger partial charge < -0.3 is 5.32 Å². The Bertz CT molecular complexity index is 615. The molecule has 0 aliphatic carbocycles. The fraction of sp³-hybridized carbons (Fsp3) is 0.182. The maximum Gasteiger partial charge on any atom is 0.228 e. The van der Waals surface area contributed by atoms with Crippen molar-refractivity contribution >= 4 is 33.7 Å². The van der Waals surface area contributed by atoms with Crippen LogP contribution in [0, 0.1) is 0 Å². The van der Waals surface area contributed by atoms with Crippen molar-refractivity contribution in [2.45, 2.75) is 12.5 Å². The average Bonchev–Trinajstić information content (AvgIpc) is 3.18. The maximum atomic E-state index is 12.1. The van der Waals surface area contributed by atoms with Crippen LogP contribution in [0.1, 0.15) is 18.0 Å². The first kappa shape index (κ1) is 12.9. The van der Waals surface area contributed by atoms with E-state index in [1.165, 1.54) is 17.7 Å². The number of thiophene rings is 1. The predicted molar refractivity (Wildman–Crippen MR) is 75.6 cm³/mol. The van der Waals surface area contributed by atoms with Crippen LogP contribution in [0.25, 0.3) is 0 Å². The number of hydrogen-bond donors (Lipinski definition) is 1. The first-order chi connectivity index (χ1) is 9.83. The summed E-state index contributed by atoms with van der Waals surface area (Å²) >= 11 is 2.96. The molecule has 0 saturated carbocycles. The number of tetrazole rings is 1. The Morgan fingerprint density at radius 3 is 3.05 bits per heavy atom. The summed E-state index contributed by atoms with van der Waals surface area (Å²) in [6.45, 7) is 0. The molecule has 0 aliphatic heterocycles. The van der Waals surface area contributed by atoms with Crippen LogP contribution in [0.5, 0.6) is 0 Å². The van der Waals surface area contributed by atoms with E-state index in [4.69, 9.17) is 0 Å². The number of carbonyl (C=O) groups is 1. The quantitative estimate of drug-likeness (QED) is 0.777. The van der Waals surface area contributed by atoms with E-state index < -0.39 is 0 Å². The van der Waals surface area contributed by atoms with Gasteiger partial charge in [0.05, 0.1) is 12.5 Å². The van der Waals surface area contributed by atoms with Crippen LogP contribution in [-0.2, 0) is 4.79 Å². The Labute approximate surface area is 122 Å². The topological polar surface area (TPSA) is 85.6 Å². The molecular formula is C11H10N6OS2. The zero-order valence-corrected chi connectivity index (χ0v) is 11.8. The second kappa shape index (κ2) is 5.88. The molecule has 3 rings (SSSR count). The summed E-state index contributed by atoms with van der Waals surface area (Å²) in [5.74, 6) is -0.119. The Kier molecular flexibility index (Phi) is 3.79. The lowest BCUT2D eigenvalue weighted by Gasteiger charge is -2.14. The molecule has 9 heteroatoms. The lowest BCUT2D eigenvalue weighted by Crippen LogP contribution is -2.20. The molecule has 1 atom stereocenters. The zero-order chi connectivity index (χ0) is 13.8. The standard InChI is InChI=1S/C11H10N6OS2/c18-10(14-11-12-2-4-20-11)5-9(8-1-3-19-6-8)17-7-13-15-16-17/h1-4,6-7,9H,5H2,(H,12,14,18)/t9-/m1/s1. The molecule has 3 aromatic rings. The van der Waals surface area contributed by atoms with Crippen LogP contribution in [0.2, 0.25) is 0 Å². The molecule has 0 bridgehead atoms. The van der Waals surface area contributed by atoms with Gasteiger partial charge in [0, 0.05) is 11.6 Å². The van der Waals surface area contributed by atoms with Gasteiger partial charge in [0.15, 0.2) is 5.13 Å². The molecule has 3 aromatic heterocycles. The molecule has 0 aliphatic rings. The highest BCUT2D eigenvalue weighted by atomic mass is 32.1. The van der Waals surface area contributed by atoms with Crippen molar-refractivity contribution in [3.8, 4) is 0 Å². The molecule has 0 spiro atoms. The molecule has 20 heavy (non-hydrogen) atoms. The molecule has 0 fully saturated rings. The molecule has 0 radical (unpaired) electrons. The smallest absolute Gasteiger partial charge is 0.228 e. The Morgan fingerprint density at radius 1 is 1.45 bits per heavy atom. The van der Waals surface area contributed by atoms with Gasteiger partial charge >= 0.3 is 0 Å². The number of anilines is 1. The highest BCUT2D eigenvalue weighted by Crippen LogP contribution is 2.24. The van der Waals surface area contributed by atoms with Gasteiger partial charge in [0.2, 0.25) is 5.91 Å². The fourth-order valence-corrected chi connectivity index (χ4v) is 3.02. The monoisotopic (exact) mass is 306 g/mol. The van der Waals surface area contributed by atoms with Crippen LogP contribution in [0.15, 0.2) is 34.7 Å². The third kappa shape index (κ3) is 2.89. The Hall–Kier alpha value is -2.13. The van der Waals surface area contributed by atoms with Crippen LogP contribution >= 0.6 is 22.7 Å². The number of thiazole rings is 1. The van der Waals surface area contributed by atoms with Crippen LogP contribution in [0.3, 0.4) is 0 Å². The van der Waals surface area contributed by atoms with Crippen LogP contribution in [-0.4, -0.2) is 31.1 Å². The normalized spacial score (nSPS) is 12.2. The van der Waals surface area contributed by atoms with E-state index in [0.717, 1.165) is 5.56 Å². The van der Waals surface area contributed by atoms with E-state index in [-0.39, 0.29) is 18.4 Å². The Balaban J connectivity index is 1.75. The first-order valence-electron chi connectivity index (χ1n) is 5.77. The van der Waals surface area contributed by atoms with Gasteiger partial charge in [-0.05, 0) is 32.8 Å². The molecule has 1 N–H and O–H groups in total. The summed E-state index contributed by atoms with van der Waals surface area (Å²) in [7, 11) is 0. The molecule has 0 unspecified atom stereocenters. The van der Waals surface area contributed by atoms with E-state index in [2.05, 4.69) is 25.8 Å². The van der Waals surface area contributed by atoms with Crippen molar-refractivity contribution in [1.82, 2.24) is 25.2 Å². The van der Waals surface area contributed by atoms with Gasteiger partial charge in [-0.15, -0.1) is 16.4 Å². The van der Waals surface area contributed by atoms with E-state index in [9.17, 15) is 4.79 Å². The third-order valence-electron chi connectivity index (χ3n) is 2.67. The lowest BCUT2D eigenvalue weighted by atomic mass is 10.1. The number of nitrogens with one attached hydrogen (secondary N) is 1. The number of carbonyl (C=O) groups excluding carboxylic acids is 1. The first-order valence-corrected chi connectivity index (χ1v) is 7.59. The second-order valence-corrected chi connectivity index (χ2v) is 5.63. The summed E-state index contributed by atoms with van der Waals surface area (Å²) in [5.41, 5.74) is 1.01. The minimum absolute atomic E-state index is 0.119. The van der Waals surface area contributed by atoms with Gasteiger partial charge in [-0.2, -0.15) is 11.3 Å². The third-order valence-corrected chi connectivity index (χ3v) is 4.06. The number of nitrogens with zero attached hydrogens (tertiary/aromatic N) is 5.